The fourth-order valence-corrected chi connectivity index (χ4v) is 12.1. The Morgan fingerprint density at radius 2 is 1.41 bits per heavy atom. The second-order valence-electron chi connectivity index (χ2n) is 20.6. The number of rotatable bonds is 11. The van der Waals surface area contributed by atoms with E-state index in [9.17, 15) is 24.4 Å². The molecule has 0 spiro atoms. The number of nitrogens with one attached hydrogen (secondary N) is 4. The van der Waals surface area contributed by atoms with Gasteiger partial charge in [0.25, 0.3) is 5.92 Å². The van der Waals surface area contributed by atoms with Gasteiger partial charge in [-0.25, -0.2) is 14.6 Å². The van der Waals surface area contributed by atoms with E-state index in [4.69, 9.17) is 14.5 Å². The van der Waals surface area contributed by atoms with Crippen LogP contribution in [0.1, 0.15) is 122 Å². The standard InChI is InChI=1S/C51H64F2N8O7/c1-27(2)43(56-48(64)67-6)46(62)59-39-13-9-8-12-31(39)24-40(59)45-54-37-20-16-30(23-38(37)55-45)29-15-18-33-34-19-17-32(25-36(34)51(52,53)35(33)22-29)58-61(66)42-26-50(5)21-11-10-14-41(50)60(42)47(63)44(28(3)4)57-49(65)68-7/h15-20,22-23,25,27-28,31,39-44,58,66H,8-14,21,24,26H2,1-7H3,(H,54,55)(H,56,64)(H,57,65)/t31-,39-,40-,41-,42+,43-,44-,50-/m0/s1. The highest BCUT2D eigenvalue weighted by Gasteiger charge is 2.55. The molecule has 4 aromatic rings. The molecular weight excluding hydrogens is 875 g/mol. The number of ether oxygens (including phenoxy) is 2. The maximum absolute atomic E-state index is 16.7. The van der Waals surface area contributed by atoms with Crippen molar-refractivity contribution < 1.29 is 42.6 Å². The number of nitrogens with zero attached hydrogens (tertiary/aromatic N) is 4. The molecule has 0 radical (unpaired) electrons. The molecule has 2 aliphatic heterocycles. The van der Waals surface area contributed by atoms with E-state index in [1.54, 1.807) is 23.1 Å². The fraction of sp³-hybridized carbons (Fsp3) is 0.549. The van der Waals surface area contributed by atoms with Crippen molar-refractivity contribution >= 4 is 40.7 Å². The largest absolute Gasteiger partial charge is 0.453 e. The molecule has 4 fully saturated rings. The van der Waals surface area contributed by atoms with Gasteiger partial charge in [-0.15, -0.1) is 0 Å². The summed E-state index contributed by atoms with van der Waals surface area (Å²) in [7, 11) is 2.52. The summed E-state index contributed by atoms with van der Waals surface area (Å²) in [5, 5.41) is 18.0. The third-order valence-corrected chi connectivity index (χ3v) is 15.6. The smallest absolute Gasteiger partial charge is 0.407 e. The van der Waals surface area contributed by atoms with E-state index in [1.165, 1.54) is 26.4 Å². The van der Waals surface area contributed by atoms with Crippen LogP contribution in [-0.2, 0) is 25.0 Å². The van der Waals surface area contributed by atoms with Gasteiger partial charge in [-0.1, -0.05) is 89.7 Å². The Kier molecular flexibility index (Phi) is 12.7. The lowest BCUT2D eigenvalue weighted by Gasteiger charge is -2.41. The van der Waals surface area contributed by atoms with E-state index in [1.807, 2.05) is 56.9 Å². The lowest BCUT2D eigenvalue weighted by Crippen LogP contribution is -2.59. The van der Waals surface area contributed by atoms with Gasteiger partial charge in [-0.05, 0) is 114 Å². The Hall–Kier alpha value is -5.81. The van der Waals surface area contributed by atoms with Gasteiger partial charge in [-0.2, -0.15) is 8.78 Å². The predicted molar refractivity (Wildman–Crippen MR) is 251 cm³/mol. The summed E-state index contributed by atoms with van der Waals surface area (Å²) in [5.74, 6) is -3.38. The molecule has 8 atom stereocenters. The number of benzene rings is 3. The number of carbonyl (C=O) groups excluding carboxylic acids is 4. The van der Waals surface area contributed by atoms with Crippen LogP contribution in [0.15, 0.2) is 54.6 Å². The van der Waals surface area contributed by atoms with Crippen LogP contribution >= 0.6 is 0 Å². The number of anilines is 1. The maximum Gasteiger partial charge on any atom is 0.407 e. The number of halogens is 2. The summed E-state index contributed by atoms with van der Waals surface area (Å²) in [4.78, 5) is 65.4. The molecule has 17 heteroatoms. The number of hydroxylamine groups is 1. The molecule has 9 rings (SSSR count). The zero-order valence-electron chi connectivity index (χ0n) is 39.9. The van der Waals surface area contributed by atoms with Crippen LogP contribution < -0.4 is 16.1 Å². The first-order valence-corrected chi connectivity index (χ1v) is 24.2. The zero-order chi connectivity index (χ0) is 48.4. The number of methoxy groups -OCH3 is 2. The summed E-state index contributed by atoms with van der Waals surface area (Å²) in [6.07, 6.45) is 6.43. The van der Waals surface area contributed by atoms with Gasteiger partial charge in [0.2, 0.25) is 11.8 Å². The molecule has 2 saturated carbocycles. The van der Waals surface area contributed by atoms with Gasteiger partial charge in [0.1, 0.15) is 24.1 Å². The Morgan fingerprint density at radius 1 is 0.809 bits per heavy atom. The maximum atomic E-state index is 16.7. The van der Waals surface area contributed by atoms with Crippen LogP contribution in [0.25, 0.3) is 33.3 Å². The van der Waals surface area contributed by atoms with E-state index < -0.39 is 36.4 Å². The van der Waals surface area contributed by atoms with Gasteiger partial charge in [0.05, 0.1) is 37.0 Å². The number of carbonyl (C=O) groups is 4. The summed E-state index contributed by atoms with van der Waals surface area (Å²) in [6, 6.07) is 13.1. The molecule has 364 valence electrons. The highest BCUT2D eigenvalue weighted by Crippen LogP contribution is 2.54. The van der Waals surface area contributed by atoms with Gasteiger partial charge in [-0.3, -0.25) is 20.2 Å². The van der Waals surface area contributed by atoms with Crippen molar-refractivity contribution in [1.29, 1.82) is 0 Å². The molecule has 15 nitrogen and oxygen atoms in total. The van der Waals surface area contributed by atoms with Gasteiger partial charge in [0, 0.05) is 23.2 Å². The van der Waals surface area contributed by atoms with Crippen LogP contribution in [0.3, 0.4) is 0 Å². The predicted octanol–water partition coefficient (Wildman–Crippen LogP) is 9.47. The second-order valence-corrected chi connectivity index (χ2v) is 20.6. The summed E-state index contributed by atoms with van der Waals surface area (Å²) in [5.41, 5.74) is 5.98. The van der Waals surface area contributed by atoms with Crippen molar-refractivity contribution in [3.63, 3.8) is 0 Å². The van der Waals surface area contributed by atoms with Gasteiger partial charge >= 0.3 is 12.2 Å². The molecule has 4 amide bonds. The number of fused-ring (bicyclic) bond motifs is 6. The normalized spacial score (nSPS) is 25.7. The number of hydrogen-bond acceptors (Lipinski definition) is 10. The molecule has 3 heterocycles. The van der Waals surface area contributed by atoms with Gasteiger partial charge < -0.3 is 34.9 Å². The van der Waals surface area contributed by atoms with Crippen molar-refractivity contribution in [1.82, 2.24) is 35.6 Å². The minimum absolute atomic E-state index is 0.0273. The number of likely N-dealkylation sites (tertiary alicyclic amines) is 2. The van der Waals surface area contributed by atoms with E-state index >= 15 is 8.78 Å². The van der Waals surface area contributed by atoms with Gasteiger partial charge in [0.15, 0.2) is 0 Å². The van der Waals surface area contributed by atoms with E-state index in [-0.39, 0.29) is 64.0 Å². The van der Waals surface area contributed by atoms with Crippen molar-refractivity contribution in [2.24, 2.45) is 23.2 Å². The summed E-state index contributed by atoms with van der Waals surface area (Å²) < 4.78 is 43.2. The number of hydrogen-bond donors (Lipinski definition) is 5. The third kappa shape index (κ3) is 8.32. The molecule has 0 unspecified atom stereocenters. The lowest BCUT2D eigenvalue weighted by atomic mass is 9.72. The topological polar surface area (TPSA) is 181 Å². The van der Waals surface area contributed by atoms with Crippen molar-refractivity contribution in [3.05, 3.63) is 71.5 Å². The van der Waals surface area contributed by atoms with E-state index in [0.717, 1.165) is 63.0 Å². The number of imidazole rings is 1. The highest BCUT2D eigenvalue weighted by atomic mass is 19.3. The monoisotopic (exact) mass is 938 g/mol. The van der Waals surface area contributed by atoms with E-state index in [2.05, 4.69) is 28.0 Å². The molecule has 5 aliphatic rings. The van der Waals surface area contributed by atoms with Crippen LogP contribution in [0.2, 0.25) is 0 Å². The summed E-state index contributed by atoms with van der Waals surface area (Å²) >= 11 is 0. The molecular formula is C51H64F2N8O7. The Morgan fingerprint density at radius 3 is 2.09 bits per heavy atom. The molecule has 3 aromatic carbocycles. The van der Waals surface area contributed by atoms with Crippen LogP contribution in [0.4, 0.5) is 24.1 Å². The Labute approximate surface area is 395 Å². The fourth-order valence-electron chi connectivity index (χ4n) is 12.1. The van der Waals surface area contributed by atoms with Crippen LogP contribution in [-0.4, -0.2) is 98.7 Å². The number of hydrazine groups is 1. The number of H-pyrrole nitrogens is 1. The second kappa shape index (κ2) is 18.3. The molecule has 1 aromatic heterocycles. The number of aromatic nitrogens is 2. The first-order valence-electron chi connectivity index (χ1n) is 24.2. The highest BCUT2D eigenvalue weighted by molar-refractivity contribution is 5.89. The Balaban J connectivity index is 0.959. The Bertz CT molecular complexity index is 2600. The third-order valence-electron chi connectivity index (χ3n) is 15.6. The first-order chi connectivity index (χ1) is 32.4. The van der Waals surface area contributed by atoms with Crippen molar-refractivity contribution in [2.45, 2.75) is 141 Å². The molecule has 0 bridgehead atoms. The van der Waals surface area contributed by atoms with Crippen molar-refractivity contribution in [2.75, 3.05) is 19.6 Å². The first kappa shape index (κ1) is 47.3. The molecule has 68 heavy (non-hydrogen) atoms. The molecule has 5 N–H and O–H groups in total. The SMILES string of the molecule is COC(=O)N[C@H](C(=O)N1[C@H](c2nc3ccc(-c4ccc5c(c4)C(F)(F)c4cc(NN(O)[C@@H]6C[C@]7(C)CCCC[C@@H]7N6C(=O)[C@@H](NC(=O)OC)C(C)C)ccc4-5)cc3[nH]2)C[C@@H]2CCCC[C@@H]21)C(C)C. The van der Waals surface area contributed by atoms with Crippen LogP contribution in [0, 0.1) is 23.2 Å². The zero-order valence-corrected chi connectivity index (χ0v) is 39.9. The number of aromatic amines is 1. The minimum atomic E-state index is -3.38. The van der Waals surface area contributed by atoms with E-state index in [0.29, 0.717) is 51.5 Å². The lowest BCUT2D eigenvalue weighted by molar-refractivity contribution is -0.168. The quantitative estimate of drug-likeness (QED) is 0.0909. The number of alkyl carbamates (subject to hydrolysis) is 2. The van der Waals surface area contributed by atoms with Crippen LogP contribution in [0.5, 0.6) is 0 Å². The summed E-state index contributed by atoms with van der Waals surface area (Å²) in [6.45, 7) is 9.57. The number of amides is 4. The molecule has 2 saturated heterocycles. The number of alkyl halides is 2. The minimum Gasteiger partial charge on any atom is -0.453 e. The van der Waals surface area contributed by atoms with Crippen molar-refractivity contribution in [3.8, 4) is 22.3 Å². The average molecular weight is 939 g/mol. The average Bonchev–Trinajstić information content (AvgIpc) is 4.07. The molecule has 3 aliphatic carbocycles.